The molecule has 25 heavy (non-hydrogen) atoms. The third kappa shape index (κ3) is 3.86. The fraction of sp³-hybridized carbons (Fsp3) is 0.267. The molecule has 0 bridgehead atoms. The molecular formula is C15H11Cl2F3N4O. The van der Waals surface area contributed by atoms with E-state index in [4.69, 9.17) is 23.2 Å². The van der Waals surface area contributed by atoms with Crippen molar-refractivity contribution in [3.63, 3.8) is 0 Å². The van der Waals surface area contributed by atoms with Crippen LogP contribution in [0.5, 0.6) is 0 Å². The van der Waals surface area contributed by atoms with Crippen molar-refractivity contribution in [1.82, 2.24) is 15.3 Å². The molecule has 0 radical (unpaired) electrons. The lowest BCUT2D eigenvalue weighted by Crippen LogP contribution is -2.39. The molecule has 2 aromatic rings. The van der Waals surface area contributed by atoms with Crippen LogP contribution in [0.15, 0.2) is 24.4 Å². The highest BCUT2D eigenvalue weighted by atomic mass is 35.5. The van der Waals surface area contributed by atoms with Crippen LogP contribution in [0.25, 0.3) is 0 Å². The summed E-state index contributed by atoms with van der Waals surface area (Å²) in [7, 11) is 0. The maximum absolute atomic E-state index is 13.1. The first-order chi connectivity index (χ1) is 11.8. The van der Waals surface area contributed by atoms with Crippen molar-refractivity contribution < 1.29 is 18.0 Å². The van der Waals surface area contributed by atoms with E-state index in [1.54, 1.807) is 0 Å². The van der Waals surface area contributed by atoms with Crippen molar-refractivity contribution in [3.05, 3.63) is 45.7 Å². The van der Waals surface area contributed by atoms with Crippen molar-refractivity contribution in [2.24, 2.45) is 0 Å². The van der Waals surface area contributed by atoms with Gasteiger partial charge in [-0.1, -0.05) is 23.2 Å². The Labute approximate surface area is 150 Å². The minimum Gasteiger partial charge on any atom is -0.312 e. The number of anilines is 2. The van der Waals surface area contributed by atoms with E-state index in [0.29, 0.717) is 30.1 Å². The van der Waals surface area contributed by atoms with E-state index in [1.165, 1.54) is 24.4 Å². The van der Waals surface area contributed by atoms with E-state index in [0.717, 1.165) is 5.56 Å². The van der Waals surface area contributed by atoms with E-state index in [9.17, 15) is 18.0 Å². The molecule has 1 aromatic carbocycles. The number of aromatic nitrogens is 2. The van der Waals surface area contributed by atoms with Gasteiger partial charge in [0.25, 0.3) is 0 Å². The predicted octanol–water partition coefficient (Wildman–Crippen LogP) is 3.66. The zero-order valence-corrected chi connectivity index (χ0v) is 14.1. The first kappa shape index (κ1) is 17.9. The van der Waals surface area contributed by atoms with Gasteiger partial charge in [-0.25, -0.2) is 14.9 Å². The van der Waals surface area contributed by atoms with Crippen LogP contribution in [0.1, 0.15) is 11.3 Å². The molecule has 0 fully saturated rings. The molecule has 5 nitrogen and oxygen atoms in total. The molecule has 1 aliphatic heterocycles. The molecule has 3 rings (SSSR count). The minimum atomic E-state index is -5.12. The number of halogens is 5. The lowest BCUT2D eigenvalue weighted by molar-refractivity contribution is -0.169. The first-order valence-corrected chi connectivity index (χ1v) is 7.94. The summed E-state index contributed by atoms with van der Waals surface area (Å²) < 4.78 is 39.3. The average molecular weight is 391 g/mol. The van der Waals surface area contributed by atoms with Crippen molar-refractivity contribution in [2.75, 3.05) is 11.4 Å². The highest BCUT2D eigenvalue weighted by Crippen LogP contribution is 2.33. The number of benzene rings is 1. The second-order valence-electron chi connectivity index (χ2n) is 5.33. The van der Waals surface area contributed by atoms with E-state index in [2.05, 4.69) is 15.3 Å². The van der Waals surface area contributed by atoms with Crippen LogP contribution in [0.3, 0.4) is 0 Å². The Morgan fingerprint density at radius 1 is 1.20 bits per heavy atom. The largest absolute Gasteiger partial charge is 0.472 e. The third-order valence-corrected chi connectivity index (χ3v) is 3.98. The van der Waals surface area contributed by atoms with Crippen molar-refractivity contribution in [1.29, 1.82) is 0 Å². The van der Waals surface area contributed by atoms with Gasteiger partial charge >= 0.3 is 12.1 Å². The summed E-state index contributed by atoms with van der Waals surface area (Å²) >= 11 is 11.7. The molecule has 0 atom stereocenters. The molecule has 2 heterocycles. The fourth-order valence-electron chi connectivity index (χ4n) is 2.45. The smallest absolute Gasteiger partial charge is 0.312 e. The molecular weight excluding hydrogens is 380 g/mol. The summed E-state index contributed by atoms with van der Waals surface area (Å²) in [6, 6.07) is 3.74. The lowest BCUT2D eigenvalue weighted by atomic mass is 10.1. The van der Waals surface area contributed by atoms with Gasteiger partial charge in [0.2, 0.25) is 5.95 Å². The Hall–Kier alpha value is -1.90. The predicted molar refractivity (Wildman–Crippen MR) is 87.1 cm³/mol. The van der Waals surface area contributed by atoms with Gasteiger partial charge in [0, 0.05) is 41.3 Å². The maximum Gasteiger partial charge on any atom is 0.472 e. The topological polar surface area (TPSA) is 58.1 Å². The van der Waals surface area contributed by atoms with Gasteiger partial charge in [0.15, 0.2) is 0 Å². The van der Waals surface area contributed by atoms with E-state index < -0.39 is 12.1 Å². The molecule has 10 heteroatoms. The Kier molecular flexibility index (Phi) is 4.86. The molecule has 0 aliphatic carbocycles. The van der Waals surface area contributed by atoms with Crippen LogP contribution in [-0.4, -0.2) is 28.6 Å². The van der Waals surface area contributed by atoms with Crippen LogP contribution in [0.2, 0.25) is 10.0 Å². The molecule has 1 aromatic heterocycles. The Morgan fingerprint density at radius 2 is 1.88 bits per heavy atom. The summed E-state index contributed by atoms with van der Waals surface area (Å²) in [5.41, 5.74) is 1.21. The van der Waals surface area contributed by atoms with Crippen LogP contribution in [-0.2, 0) is 17.8 Å². The number of amides is 1. The number of alkyl halides is 3. The quantitative estimate of drug-likeness (QED) is 0.849. The highest BCUT2D eigenvalue weighted by Gasteiger charge is 2.45. The zero-order valence-electron chi connectivity index (χ0n) is 12.6. The van der Waals surface area contributed by atoms with Gasteiger partial charge in [-0.2, -0.15) is 13.2 Å². The molecule has 1 aliphatic rings. The number of hydrogen-bond donors (Lipinski definition) is 1. The van der Waals surface area contributed by atoms with Crippen LogP contribution in [0.4, 0.5) is 24.8 Å². The normalized spacial score (nSPS) is 14.1. The number of nitrogens with one attached hydrogen (secondary N) is 1. The molecule has 1 N–H and O–H groups in total. The Balaban J connectivity index is 2.12. The number of hydrogen-bond acceptors (Lipinski definition) is 4. The number of rotatable bonds is 2. The van der Waals surface area contributed by atoms with Gasteiger partial charge in [-0.3, -0.25) is 4.79 Å². The molecule has 0 spiro atoms. The third-order valence-electron chi connectivity index (χ3n) is 3.55. The number of nitrogens with zero attached hydrogens (tertiary/aromatic N) is 3. The van der Waals surface area contributed by atoms with Crippen molar-refractivity contribution in [2.45, 2.75) is 19.1 Å². The zero-order chi connectivity index (χ0) is 18.2. The van der Waals surface area contributed by atoms with Crippen LogP contribution in [0, 0.1) is 0 Å². The number of fused-ring (bicyclic) bond motifs is 1. The van der Waals surface area contributed by atoms with Crippen molar-refractivity contribution >= 4 is 40.7 Å². The van der Waals surface area contributed by atoms with Gasteiger partial charge in [-0.05, 0) is 18.2 Å². The summed E-state index contributed by atoms with van der Waals surface area (Å²) in [5, 5.41) is 3.28. The van der Waals surface area contributed by atoms with Crippen molar-refractivity contribution in [3.8, 4) is 0 Å². The summed E-state index contributed by atoms with van der Waals surface area (Å²) in [5.74, 6) is -2.50. The summed E-state index contributed by atoms with van der Waals surface area (Å²) in [6.07, 6.45) is -3.18. The van der Waals surface area contributed by atoms with Gasteiger partial charge in [0.05, 0.1) is 11.4 Å². The van der Waals surface area contributed by atoms with E-state index in [-0.39, 0.29) is 21.7 Å². The SMILES string of the molecule is O=C(N(c1cc(Cl)cc(Cl)c1)c1ncc2c(n1)CCNC2)C(F)(F)F. The second kappa shape index (κ2) is 6.78. The van der Waals surface area contributed by atoms with Crippen LogP contribution < -0.4 is 10.2 Å². The molecule has 0 saturated carbocycles. The maximum atomic E-state index is 13.1. The Bertz CT molecular complexity index is 809. The number of carbonyl (C=O) groups excluding carboxylic acids is 1. The monoisotopic (exact) mass is 390 g/mol. The first-order valence-electron chi connectivity index (χ1n) is 7.18. The molecule has 0 unspecified atom stereocenters. The minimum absolute atomic E-state index is 0.0876. The van der Waals surface area contributed by atoms with Gasteiger partial charge in [0.1, 0.15) is 0 Å². The lowest BCUT2D eigenvalue weighted by Gasteiger charge is -2.24. The fourth-order valence-corrected chi connectivity index (χ4v) is 2.97. The second-order valence-corrected chi connectivity index (χ2v) is 6.21. The van der Waals surface area contributed by atoms with Gasteiger partial charge in [-0.15, -0.1) is 0 Å². The molecule has 1 amide bonds. The standard InChI is InChI=1S/C15H11Cl2F3N4O/c16-9-3-10(17)5-11(4-9)24(13(25)15(18,19)20)14-22-7-8-6-21-2-1-12(8)23-14/h3-5,7,21H,1-2,6H2. The average Bonchev–Trinajstić information content (AvgIpc) is 2.53. The summed E-state index contributed by atoms with van der Waals surface area (Å²) in [6.45, 7) is 1.16. The summed E-state index contributed by atoms with van der Waals surface area (Å²) in [4.78, 5) is 20.4. The van der Waals surface area contributed by atoms with Crippen LogP contribution >= 0.6 is 23.2 Å². The molecule has 132 valence electrons. The van der Waals surface area contributed by atoms with Gasteiger partial charge < -0.3 is 5.32 Å². The molecule has 0 saturated heterocycles. The highest BCUT2D eigenvalue weighted by molar-refractivity contribution is 6.35. The Morgan fingerprint density at radius 3 is 2.52 bits per heavy atom. The van der Waals surface area contributed by atoms with E-state index >= 15 is 0 Å². The van der Waals surface area contributed by atoms with E-state index in [1.807, 2.05) is 0 Å². The number of carbonyl (C=O) groups is 1.